The fraction of sp³-hybridized carbons (Fsp3) is 0.320. The molecular formula is C25H22Cl2F3N3O5S. The highest BCUT2D eigenvalue weighted by Gasteiger charge is 2.43. The number of aromatic nitrogens is 2. The Kier molecular flexibility index (Phi) is 10.1. The molecular weight excluding hydrogens is 582 g/mol. The van der Waals surface area contributed by atoms with E-state index in [1.807, 2.05) is 0 Å². The number of alkyl halides is 3. The zero-order valence-corrected chi connectivity index (χ0v) is 23.1. The fourth-order valence-electron chi connectivity index (χ4n) is 3.34. The zero-order chi connectivity index (χ0) is 28.9. The summed E-state index contributed by atoms with van der Waals surface area (Å²) in [4.78, 5) is 45.4. The molecule has 2 aromatic heterocycles. The number of carbonyl (C=O) groups excluding carboxylic acids is 3. The number of esters is 2. The van der Waals surface area contributed by atoms with Crippen molar-refractivity contribution in [2.75, 3.05) is 0 Å². The molecule has 3 aromatic rings. The Hall–Kier alpha value is -3.06. The number of aryl methyl sites for hydroxylation is 1. The molecule has 8 nitrogen and oxygen atoms in total. The van der Waals surface area contributed by atoms with Gasteiger partial charge in [-0.2, -0.15) is 13.2 Å². The molecule has 0 fully saturated rings. The summed E-state index contributed by atoms with van der Waals surface area (Å²) in [6, 6.07) is 8.03. The Morgan fingerprint density at radius 2 is 1.85 bits per heavy atom. The molecule has 1 N–H and O–H groups in total. The molecule has 0 aliphatic carbocycles. The number of ether oxygens (including phenoxy) is 2. The molecule has 0 bridgehead atoms. The number of halogens is 5. The van der Waals surface area contributed by atoms with Crippen molar-refractivity contribution in [3.8, 4) is 10.6 Å². The quantitative estimate of drug-likeness (QED) is 0.246. The molecule has 1 unspecified atom stereocenters. The van der Waals surface area contributed by atoms with Gasteiger partial charge in [0, 0.05) is 28.1 Å². The normalized spacial score (nSPS) is 12.3. The van der Waals surface area contributed by atoms with Crippen LogP contribution in [0.4, 0.5) is 13.2 Å². The lowest BCUT2D eigenvalue weighted by Gasteiger charge is -2.19. The minimum Gasteiger partial charge on any atom is -0.384 e. The Morgan fingerprint density at radius 3 is 2.49 bits per heavy atom. The number of nitrogens with zero attached hydrogens (tertiary/aromatic N) is 2. The highest BCUT2D eigenvalue weighted by atomic mass is 35.5. The first-order chi connectivity index (χ1) is 18.2. The van der Waals surface area contributed by atoms with Crippen LogP contribution in [0.2, 0.25) is 10.0 Å². The number of carbonyl (C=O) groups is 3. The second-order valence-electron chi connectivity index (χ2n) is 8.47. The Bertz CT molecular complexity index is 1380. The van der Waals surface area contributed by atoms with Crippen molar-refractivity contribution >= 4 is 52.4 Å². The second kappa shape index (κ2) is 12.9. The van der Waals surface area contributed by atoms with Crippen molar-refractivity contribution in [2.24, 2.45) is 0 Å². The van der Waals surface area contributed by atoms with Crippen molar-refractivity contribution < 1.29 is 37.0 Å². The van der Waals surface area contributed by atoms with E-state index >= 15 is 0 Å². The molecule has 1 atom stereocenters. The molecule has 3 rings (SSSR count). The van der Waals surface area contributed by atoms with Gasteiger partial charge in [0.2, 0.25) is 0 Å². The van der Waals surface area contributed by atoms with E-state index in [4.69, 9.17) is 27.9 Å². The Labute approximate surface area is 235 Å². The van der Waals surface area contributed by atoms with E-state index < -0.39 is 36.2 Å². The summed E-state index contributed by atoms with van der Waals surface area (Å²) in [6.45, 7) is 4.89. The summed E-state index contributed by atoms with van der Waals surface area (Å²) in [7, 11) is 0. The predicted molar refractivity (Wildman–Crippen MR) is 139 cm³/mol. The van der Waals surface area contributed by atoms with Crippen LogP contribution < -0.4 is 5.32 Å². The lowest BCUT2D eigenvalue weighted by atomic mass is 10.1. The van der Waals surface area contributed by atoms with Gasteiger partial charge in [-0.15, -0.1) is 11.3 Å². The van der Waals surface area contributed by atoms with E-state index in [0.717, 1.165) is 0 Å². The first-order valence-corrected chi connectivity index (χ1v) is 12.9. The molecule has 0 saturated carbocycles. The van der Waals surface area contributed by atoms with Crippen LogP contribution in [-0.2, 0) is 32.0 Å². The predicted octanol–water partition coefficient (Wildman–Crippen LogP) is 5.72. The molecule has 14 heteroatoms. The van der Waals surface area contributed by atoms with Crippen molar-refractivity contribution in [2.45, 2.75) is 52.1 Å². The largest absolute Gasteiger partial charge is 0.491 e. The zero-order valence-electron chi connectivity index (χ0n) is 20.8. The van der Waals surface area contributed by atoms with Crippen molar-refractivity contribution in [3.63, 3.8) is 0 Å². The number of hydrogen-bond donors (Lipinski definition) is 1. The number of amides is 1. The van der Waals surface area contributed by atoms with Gasteiger partial charge in [-0.05, 0) is 56.7 Å². The highest BCUT2D eigenvalue weighted by molar-refractivity contribution is 7.15. The van der Waals surface area contributed by atoms with Gasteiger partial charge in [-0.3, -0.25) is 9.78 Å². The van der Waals surface area contributed by atoms with Gasteiger partial charge in [0.25, 0.3) is 5.91 Å². The SMILES string of the molecule is Cc1sc(-c2ccc(Cl)cc2Cl)nc1C(=O)NCc1cc(CC(OC(C)C)C(=O)OC(=O)C(F)(F)F)ccn1. The molecule has 0 saturated heterocycles. The summed E-state index contributed by atoms with van der Waals surface area (Å²) >= 11 is 13.5. The minimum atomic E-state index is -5.32. The molecule has 208 valence electrons. The third-order valence-corrected chi connectivity index (χ3v) is 6.58. The molecule has 1 aromatic carbocycles. The van der Waals surface area contributed by atoms with Gasteiger partial charge in [0.05, 0.1) is 23.4 Å². The van der Waals surface area contributed by atoms with Crippen LogP contribution in [0, 0.1) is 6.92 Å². The summed E-state index contributed by atoms with van der Waals surface area (Å²) < 4.78 is 46.9. The smallest absolute Gasteiger partial charge is 0.384 e. The van der Waals surface area contributed by atoms with E-state index in [-0.39, 0.29) is 18.7 Å². The van der Waals surface area contributed by atoms with Crippen LogP contribution in [0.15, 0.2) is 36.5 Å². The average molecular weight is 604 g/mol. The number of hydrogen-bond acceptors (Lipinski definition) is 8. The number of rotatable bonds is 9. The Balaban J connectivity index is 1.68. The van der Waals surface area contributed by atoms with E-state index in [1.54, 1.807) is 45.0 Å². The maximum absolute atomic E-state index is 12.8. The standard InChI is InChI=1S/C25H22Cl2F3N3O5S/c1-12(2)37-19(23(35)38-24(36)25(28,29)30)9-14-6-7-31-16(8-14)11-32-21(34)20-13(3)39-22(33-20)17-5-4-15(26)10-18(17)27/h4-8,10,12,19H,9,11H2,1-3H3,(H,32,34). The maximum atomic E-state index is 12.8. The van der Waals surface area contributed by atoms with E-state index in [9.17, 15) is 27.6 Å². The molecule has 0 spiro atoms. The molecule has 1 amide bonds. The molecule has 0 aliphatic heterocycles. The summed E-state index contributed by atoms with van der Waals surface area (Å²) in [5.74, 6) is -4.54. The number of nitrogens with one attached hydrogen (secondary N) is 1. The van der Waals surface area contributed by atoms with Crippen molar-refractivity contribution in [3.05, 3.63) is 68.4 Å². The summed E-state index contributed by atoms with van der Waals surface area (Å²) in [6.07, 6.45) is -6.13. The Morgan fingerprint density at radius 1 is 1.13 bits per heavy atom. The molecule has 0 aliphatic rings. The van der Waals surface area contributed by atoms with Crippen LogP contribution in [-0.4, -0.2) is 46.2 Å². The topological polar surface area (TPSA) is 107 Å². The van der Waals surface area contributed by atoms with Gasteiger partial charge < -0.3 is 14.8 Å². The van der Waals surface area contributed by atoms with Crippen LogP contribution >= 0.6 is 34.5 Å². The summed E-state index contributed by atoms with van der Waals surface area (Å²) in [5, 5.41) is 4.14. The van der Waals surface area contributed by atoms with Gasteiger partial charge >= 0.3 is 18.1 Å². The van der Waals surface area contributed by atoms with Gasteiger partial charge in [0.1, 0.15) is 10.7 Å². The minimum absolute atomic E-state index is 0.00656. The van der Waals surface area contributed by atoms with Crippen LogP contribution in [0.25, 0.3) is 10.6 Å². The fourth-order valence-corrected chi connectivity index (χ4v) is 4.84. The molecule has 0 radical (unpaired) electrons. The maximum Gasteiger partial charge on any atom is 0.491 e. The van der Waals surface area contributed by atoms with Gasteiger partial charge in [-0.1, -0.05) is 23.2 Å². The van der Waals surface area contributed by atoms with Gasteiger partial charge in [0.15, 0.2) is 6.10 Å². The first kappa shape index (κ1) is 30.5. The van der Waals surface area contributed by atoms with Crippen LogP contribution in [0.5, 0.6) is 0 Å². The average Bonchev–Trinajstić information content (AvgIpc) is 3.22. The highest BCUT2D eigenvalue weighted by Crippen LogP contribution is 2.34. The number of thiazole rings is 1. The lowest BCUT2D eigenvalue weighted by molar-refractivity contribution is -0.205. The monoisotopic (exact) mass is 603 g/mol. The van der Waals surface area contributed by atoms with Crippen LogP contribution in [0.3, 0.4) is 0 Å². The third kappa shape index (κ3) is 8.46. The molecule has 39 heavy (non-hydrogen) atoms. The molecule has 2 heterocycles. The first-order valence-electron chi connectivity index (χ1n) is 11.4. The van der Waals surface area contributed by atoms with E-state index in [0.29, 0.717) is 36.8 Å². The van der Waals surface area contributed by atoms with E-state index in [1.165, 1.54) is 23.6 Å². The van der Waals surface area contributed by atoms with Crippen molar-refractivity contribution in [1.82, 2.24) is 15.3 Å². The number of pyridine rings is 1. The second-order valence-corrected chi connectivity index (χ2v) is 10.5. The van der Waals surface area contributed by atoms with Gasteiger partial charge in [-0.25, -0.2) is 14.6 Å². The number of benzene rings is 1. The van der Waals surface area contributed by atoms with Crippen LogP contribution in [0.1, 0.15) is 40.5 Å². The van der Waals surface area contributed by atoms with Crippen molar-refractivity contribution in [1.29, 1.82) is 0 Å². The summed E-state index contributed by atoms with van der Waals surface area (Å²) in [5.41, 5.74) is 1.70. The third-order valence-electron chi connectivity index (χ3n) is 5.03. The van der Waals surface area contributed by atoms with E-state index in [2.05, 4.69) is 20.0 Å². The lowest BCUT2D eigenvalue weighted by Crippen LogP contribution is -2.36.